The first-order valence-corrected chi connectivity index (χ1v) is 5.39. The second kappa shape index (κ2) is 3.44. The summed E-state index contributed by atoms with van der Waals surface area (Å²) in [4.78, 5) is 0. The second-order valence-electron chi connectivity index (χ2n) is 4.87. The van der Waals surface area contributed by atoms with Crippen LogP contribution in [0.2, 0.25) is 0 Å². The molecule has 1 aliphatic rings. The van der Waals surface area contributed by atoms with Crippen LogP contribution in [0.3, 0.4) is 0 Å². The van der Waals surface area contributed by atoms with Crippen molar-refractivity contribution in [2.45, 2.75) is 38.7 Å². The first kappa shape index (κ1) is 10.3. The fraction of sp³-hybridized carbons (Fsp3) is 0.538. The third-order valence-corrected chi connectivity index (χ3v) is 2.94. The molecule has 2 heteroatoms. The number of hydrogen-bond donors (Lipinski definition) is 0. The Bertz CT molecular complexity index is 369. The summed E-state index contributed by atoms with van der Waals surface area (Å²) >= 11 is 0. The van der Waals surface area contributed by atoms with E-state index in [1.165, 1.54) is 5.56 Å². The number of ether oxygens (including phenoxy) is 2. The number of rotatable bonds is 1. The van der Waals surface area contributed by atoms with Crippen molar-refractivity contribution < 1.29 is 9.47 Å². The monoisotopic (exact) mass is 206 g/mol. The molecule has 0 aliphatic carbocycles. The molecule has 1 aliphatic heterocycles. The summed E-state index contributed by atoms with van der Waals surface area (Å²) in [5.41, 5.74) is 1.22. The molecule has 0 saturated carbocycles. The number of fused-ring (bicyclic) bond motifs is 1. The molecule has 0 N–H and O–H groups in total. The summed E-state index contributed by atoms with van der Waals surface area (Å²) in [5.74, 6) is 2.38. The molecule has 0 spiro atoms. The van der Waals surface area contributed by atoms with Crippen LogP contribution in [0.15, 0.2) is 18.2 Å². The first-order valence-electron chi connectivity index (χ1n) is 5.39. The normalized spacial score (nSPS) is 22.8. The van der Waals surface area contributed by atoms with E-state index in [2.05, 4.69) is 26.8 Å². The molecule has 15 heavy (non-hydrogen) atoms. The van der Waals surface area contributed by atoms with Gasteiger partial charge in [0.15, 0.2) is 0 Å². The van der Waals surface area contributed by atoms with Crippen molar-refractivity contribution in [3.8, 4) is 11.5 Å². The lowest BCUT2D eigenvalue weighted by molar-refractivity contribution is 0.0743. The molecule has 1 aromatic rings. The molecule has 0 aromatic heterocycles. The Balaban J connectivity index is 2.42. The van der Waals surface area contributed by atoms with E-state index in [-0.39, 0.29) is 5.60 Å². The zero-order chi connectivity index (χ0) is 11.1. The Morgan fingerprint density at radius 1 is 1.40 bits per heavy atom. The van der Waals surface area contributed by atoms with Gasteiger partial charge in [-0.05, 0) is 37.8 Å². The van der Waals surface area contributed by atoms with Crippen LogP contribution in [0.25, 0.3) is 0 Å². The minimum atomic E-state index is -0.0707. The molecular weight excluding hydrogens is 188 g/mol. The second-order valence-corrected chi connectivity index (χ2v) is 4.87. The summed E-state index contributed by atoms with van der Waals surface area (Å²) in [6.07, 6.45) is 1.06. The van der Waals surface area contributed by atoms with Gasteiger partial charge >= 0.3 is 0 Å². The first-order chi connectivity index (χ1) is 7.02. The highest BCUT2D eigenvalue weighted by Gasteiger charge is 2.31. The molecule has 2 nitrogen and oxygen atoms in total. The van der Waals surface area contributed by atoms with E-state index >= 15 is 0 Å². The maximum absolute atomic E-state index is 5.95. The van der Waals surface area contributed by atoms with E-state index in [4.69, 9.17) is 9.47 Å². The van der Waals surface area contributed by atoms with Gasteiger partial charge in [-0.2, -0.15) is 0 Å². The van der Waals surface area contributed by atoms with Crippen molar-refractivity contribution in [3.63, 3.8) is 0 Å². The molecule has 0 amide bonds. The molecule has 0 bridgehead atoms. The van der Waals surface area contributed by atoms with Gasteiger partial charge in [-0.25, -0.2) is 0 Å². The van der Waals surface area contributed by atoms with Crippen molar-refractivity contribution in [1.29, 1.82) is 0 Å². The van der Waals surface area contributed by atoms with E-state index in [0.717, 1.165) is 17.9 Å². The third kappa shape index (κ3) is 1.94. The zero-order valence-corrected chi connectivity index (χ0v) is 9.83. The van der Waals surface area contributed by atoms with E-state index in [1.807, 2.05) is 12.1 Å². The predicted molar refractivity (Wildman–Crippen MR) is 60.7 cm³/mol. The van der Waals surface area contributed by atoms with Gasteiger partial charge in [0, 0.05) is 6.07 Å². The minimum absolute atomic E-state index is 0.0707. The van der Waals surface area contributed by atoms with E-state index in [9.17, 15) is 0 Å². The smallest absolute Gasteiger partial charge is 0.127 e. The summed E-state index contributed by atoms with van der Waals surface area (Å²) < 4.78 is 11.2. The molecular formula is C13H18O2. The van der Waals surface area contributed by atoms with Crippen molar-refractivity contribution >= 4 is 0 Å². The van der Waals surface area contributed by atoms with Crippen LogP contribution in [-0.4, -0.2) is 12.7 Å². The SMILES string of the molecule is COc1ccc2c(c1)OC(C)(C)CC2C. The lowest BCUT2D eigenvalue weighted by Gasteiger charge is -2.36. The predicted octanol–water partition coefficient (Wildman–Crippen LogP) is 3.36. The highest BCUT2D eigenvalue weighted by atomic mass is 16.5. The molecule has 0 fully saturated rings. The highest BCUT2D eigenvalue weighted by Crippen LogP contribution is 2.41. The maximum atomic E-state index is 5.95. The quantitative estimate of drug-likeness (QED) is 0.701. The van der Waals surface area contributed by atoms with Crippen LogP contribution in [0.4, 0.5) is 0 Å². The van der Waals surface area contributed by atoms with Gasteiger partial charge in [-0.3, -0.25) is 0 Å². The van der Waals surface area contributed by atoms with Crippen LogP contribution >= 0.6 is 0 Å². The fourth-order valence-corrected chi connectivity index (χ4v) is 2.32. The lowest BCUT2D eigenvalue weighted by atomic mass is 9.86. The fourth-order valence-electron chi connectivity index (χ4n) is 2.32. The highest BCUT2D eigenvalue weighted by molar-refractivity contribution is 5.44. The van der Waals surface area contributed by atoms with Crippen molar-refractivity contribution in [2.24, 2.45) is 0 Å². The van der Waals surface area contributed by atoms with Crippen LogP contribution in [0.1, 0.15) is 38.7 Å². The molecule has 82 valence electrons. The number of benzene rings is 1. The Morgan fingerprint density at radius 3 is 2.80 bits per heavy atom. The molecule has 0 saturated heterocycles. The van der Waals surface area contributed by atoms with E-state index in [0.29, 0.717) is 5.92 Å². The van der Waals surface area contributed by atoms with Crippen LogP contribution in [0.5, 0.6) is 11.5 Å². The van der Waals surface area contributed by atoms with E-state index < -0.39 is 0 Å². The maximum Gasteiger partial charge on any atom is 0.127 e. The largest absolute Gasteiger partial charge is 0.497 e. The van der Waals surface area contributed by atoms with Gasteiger partial charge in [0.2, 0.25) is 0 Å². The van der Waals surface area contributed by atoms with Crippen molar-refractivity contribution in [3.05, 3.63) is 23.8 Å². The summed E-state index contributed by atoms with van der Waals surface area (Å²) in [6.45, 7) is 6.51. The van der Waals surface area contributed by atoms with Crippen LogP contribution < -0.4 is 9.47 Å². The van der Waals surface area contributed by atoms with Crippen LogP contribution in [0, 0.1) is 0 Å². The Kier molecular flexibility index (Phi) is 2.37. The van der Waals surface area contributed by atoms with Gasteiger partial charge in [0.05, 0.1) is 7.11 Å². The molecule has 1 atom stereocenters. The Morgan fingerprint density at radius 2 is 2.13 bits per heavy atom. The van der Waals surface area contributed by atoms with E-state index in [1.54, 1.807) is 7.11 Å². The summed E-state index contributed by atoms with van der Waals surface area (Å²) in [6, 6.07) is 6.08. The topological polar surface area (TPSA) is 18.5 Å². The van der Waals surface area contributed by atoms with Gasteiger partial charge < -0.3 is 9.47 Å². The Labute approximate surface area is 91.2 Å². The Hall–Kier alpha value is -1.18. The van der Waals surface area contributed by atoms with Gasteiger partial charge in [-0.1, -0.05) is 13.0 Å². The molecule has 1 unspecified atom stereocenters. The average molecular weight is 206 g/mol. The van der Waals surface area contributed by atoms with Crippen molar-refractivity contribution in [2.75, 3.05) is 7.11 Å². The summed E-state index contributed by atoms with van der Waals surface area (Å²) in [7, 11) is 1.68. The van der Waals surface area contributed by atoms with Gasteiger partial charge in [0.1, 0.15) is 17.1 Å². The molecule has 1 heterocycles. The average Bonchev–Trinajstić information content (AvgIpc) is 2.14. The number of methoxy groups -OCH3 is 1. The zero-order valence-electron chi connectivity index (χ0n) is 9.83. The summed E-state index contributed by atoms with van der Waals surface area (Å²) in [5, 5.41) is 0. The minimum Gasteiger partial charge on any atom is -0.497 e. The standard InChI is InChI=1S/C13H18O2/c1-9-8-13(2,3)15-12-7-10(14-4)5-6-11(9)12/h5-7,9H,8H2,1-4H3. The molecule has 0 radical (unpaired) electrons. The number of hydrogen-bond acceptors (Lipinski definition) is 2. The third-order valence-electron chi connectivity index (χ3n) is 2.94. The van der Waals surface area contributed by atoms with Gasteiger partial charge in [0.25, 0.3) is 0 Å². The van der Waals surface area contributed by atoms with Gasteiger partial charge in [-0.15, -0.1) is 0 Å². The van der Waals surface area contributed by atoms with Crippen molar-refractivity contribution in [1.82, 2.24) is 0 Å². The van der Waals surface area contributed by atoms with Crippen LogP contribution in [-0.2, 0) is 0 Å². The molecule has 1 aromatic carbocycles. The molecule has 2 rings (SSSR count). The lowest BCUT2D eigenvalue weighted by Crippen LogP contribution is -2.34.